The third kappa shape index (κ3) is 24.8. The highest BCUT2D eigenvalue weighted by Gasteiger charge is 2.18. The second-order valence-electron chi connectivity index (χ2n) is 10.1. The molecule has 3 N–H and O–H groups in total. The molecule has 0 aromatic carbocycles. The molecule has 0 aliphatic heterocycles. The zero-order chi connectivity index (χ0) is 29.7. The van der Waals surface area contributed by atoms with E-state index in [9.17, 15) is 24.9 Å². The molecular weight excluding hydrogens is 508 g/mol. The molecule has 0 radical (unpaired) electrons. The lowest BCUT2D eigenvalue weighted by molar-refractivity contribution is -0.161. The van der Waals surface area contributed by atoms with Crippen molar-refractivity contribution in [2.45, 2.75) is 135 Å². The van der Waals surface area contributed by atoms with Gasteiger partial charge in [-0.15, -0.1) is 0 Å². The molecule has 0 aliphatic carbocycles. The van der Waals surface area contributed by atoms with Gasteiger partial charge in [0.15, 0.2) is 6.10 Å². The van der Waals surface area contributed by atoms with Gasteiger partial charge in [-0.25, -0.2) is 0 Å². The molecule has 0 heterocycles. The molecule has 40 heavy (non-hydrogen) atoms. The summed E-state index contributed by atoms with van der Waals surface area (Å²) in [6, 6.07) is 0. The Hall–Kier alpha value is -2.22. The molecule has 0 fully saturated rings. The molecule has 0 spiro atoms. The molecule has 7 heteroatoms. The van der Waals surface area contributed by atoms with Crippen LogP contribution in [0, 0.1) is 0 Å². The second kappa shape index (κ2) is 28.3. The number of carbonyl (C=O) groups is 2. The lowest BCUT2D eigenvalue weighted by Gasteiger charge is -2.17. The SMILES string of the molecule is CC/C=C\C/C=C\C/C=C\C/C=C\C[C@@H](O)[C@H](O)CCCC(=O)O[C@@H](CO)COC(=O)CCCCCCCCC. The van der Waals surface area contributed by atoms with Crippen molar-refractivity contribution in [1.82, 2.24) is 0 Å². The van der Waals surface area contributed by atoms with Crippen LogP contribution in [0.4, 0.5) is 0 Å². The fraction of sp³-hybridized carbons (Fsp3) is 0.697. The summed E-state index contributed by atoms with van der Waals surface area (Å²) in [4.78, 5) is 24.0. The smallest absolute Gasteiger partial charge is 0.306 e. The van der Waals surface area contributed by atoms with Gasteiger partial charge in [0.1, 0.15) is 6.61 Å². The lowest BCUT2D eigenvalue weighted by Crippen LogP contribution is -2.29. The first-order chi connectivity index (χ1) is 19.4. The molecule has 0 saturated carbocycles. The quantitative estimate of drug-likeness (QED) is 0.0611. The zero-order valence-corrected chi connectivity index (χ0v) is 25.1. The number of ether oxygens (including phenoxy) is 2. The topological polar surface area (TPSA) is 113 Å². The van der Waals surface area contributed by atoms with Crippen LogP contribution in [0.25, 0.3) is 0 Å². The maximum absolute atomic E-state index is 12.1. The van der Waals surface area contributed by atoms with Crippen LogP contribution in [0.2, 0.25) is 0 Å². The van der Waals surface area contributed by atoms with Crippen molar-refractivity contribution in [2.75, 3.05) is 13.2 Å². The van der Waals surface area contributed by atoms with Crippen molar-refractivity contribution >= 4 is 11.9 Å². The molecule has 3 atom stereocenters. The van der Waals surface area contributed by atoms with E-state index in [0.29, 0.717) is 19.3 Å². The van der Waals surface area contributed by atoms with Crippen molar-refractivity contribution in [3.05, 3.63) is 48.6 Å². The highest BCUT2D eigenvalue weighted by atomic mass is 16.6. The monoisotopic (exact) mass is 564 g/mol. The third-order valence-corrected chi connectivity index (χ3v) is 6.34. The standard InChI is InChI=1S/C33H56O7/c1-3-5-7-9-11-12-13-14-15-17-18-20-23-30(35)31(36)24-22-26-33(38)40-29(27-34)28-39-32(37)25-21-19-16-10-8-6-4-2/h5,7,11-12,14-15,18,20,29-31,34-36H,3-4,6,8-10,13,16-17,19,21-28H2,1-2H3/b7-5-,12-11-,15-14-,20-18-/t29-,30+,31+/m0/s1. The number of rotatable bonds is 26. The summed E-state index contributed by atoms with van der Waals surface area (Å²) in [5.41, 5.74) is 0. The van der Waals surface area contributed by atoms with Crippen molar-refractivity contribution < 1.29 is 34.4 Å². The van der Waals surface area contributed by atoms with E-state index in [1.165, 1.54) is 25.7 Å². The number of esters is 2. The summed E-state index contributed by atoms with van der Waals surface area (Å²) in [6.07, 6.45) is 26.5. The van der Waals surface area contributed by atoms with Gasteiger partial charge in [-0.1, -0.05) is 101 Å². The summed E-state index contributed by atoms with van der Waals surface area (Å²) in [6.45, 7) is 3.69. The van der Waals surface area contributed by atoms with Gasteiger partial charge in [0.05, 0.1) is 18.8 Å². The fourth-order valence-electron chi connectivity index (χ4n) is 3.87. The molecule has 0 aromatic heterocycles. The Kier molecular flexibility index (Phi) is 26.7. The van der Waals surface area contributed by atoms with Gasteiger partial charge in [0.25, 0.3) is 0 Å². The Morgan fingerprint density at radius 1 is 0.675 bits per heavy atom. The highest BCUT2D eigenvalue weighted by Crippen LogP contribution is 2.11. The lowest BCUT2D eigenvalue weighted by atomic mass is 10.0. The Morgan fingerprint density at radius 3 is 1.82 bits per heavy atom. The molecule has 0 aliphatic rings. The van der Waals surface area contributed by atoms with E-state index in [4.69, 9.17) is 9.47 Å². The molecule has 230 valence electrons. The van der Waals surface area contributed by atoms with Crippen LogP contribution >= 0.6 is 0 Å². The van der Waals surface area contributed by atoms with E-state index in [2.05, 4.69) is 50.3 Å². The predicted molar refractivity (Wildman–Crippen MR) is 162 cm³/mol. The van der Waals surface area contributed by atoms with E-state index in [-0.39, 0.29) is 25.4 Å². The van der Waals surface area contributed by atoms with Crippen molar-refractivity contribution in [2.24, 2.45) is 0 Å². The maximum atomic E-state index is 12.1. The van der Waals surface area contributed by atoms with Gasteiger partial charge in [-0.2, -0.15) is 0 Å². The van der Waals surface area contributed by atoms with Gasteiger partial charge in [0, 0.05) is 12.8 Å². The van der Waals surface area contributed by atoms with Crippen LogP contribution in [-0.2, 0) is 19.1 Å². The van der Waals surface area contributed by atoms with Crippen LogP contribution in [-0.4, -0.2) is 58.8 Å². The van der Waals surface area contributed by atoms with E-state index < -0.39 is 30.9 Å². The van der Waals surface area contributed by atoms with Gasteiger partial charge in [0.2, 0.25) is 0 Å². The maximum Gasteiger partial charge on any atom is 0.306 e. The van der Waals surface area contributed by atoms with Gasteiger partial charge >= 0.3 is 11.9 Å². The third-order valence-electron chi connectivity index (χ3n) is 6.34. The molecular formula is C33H56O7. The van der Waals surface area contributed by atoms with Crippen molar-refractivity contribution in [1.29, 1.82) is 0 Å². The normalized spacial score (nSPS) is 14.4. The number of hydrogen-bond acceptors (Lipinski definition) is 7. The minimum atomic E-state index is -0.943. The second-order valence-corrected chi connectivity index (χ2v) is 10.1. The predicted octanol–water partition coefficient (Wildman–Crippen LogP) is 6.66. The number of aliphatic hydroxyl groups excluding tert-OH is 3. The van der Waals surface area contributed by atoms with Crippen molar-refractivity contribution in [3.8, 4) is 0 Å². The van der Waals surface area contributed by atoms with E-state index in [0.717, 1.165) is 44.9 Å². The van der Waals surface area contributed by atoms with Gasteiger partial charge in [-0.05, 0) is 51.4 Å². The molecule has 0 aromatic rings. The van der Waals surface area contributed by atoms with E-state index in [1.807, 2.05) is 12.2 Å². The Balaban J connectivity index is 3.96. The zero-order valence-electron chi connectivity index (χ0n) is 25.1. The van der Waals surface area contributed by atoms with Crippen LogP contribution in [0.1, 0.15) is 117 Å². The average molecular weight is 565 g/mol. The summed E-state index contributed by atoms with van der Waals surface area (Å²) in [7, 11) is 0. The Bertz CT molecular complexity index is 726. The molecule has 0 saturated heterocycles. The first kappa shape index (κ1) is 37.8. The molecule has 0 unspecified atom stereocenters. The summed E-state index contributed by atoms with van der Waals surface area (Å²) in [5.74, 6) is -0.892. The van der Waals surface area contributed by atoms with E-state index in [1.54, 1.807) is 0 Å². The van der Waals surface area contributed by atoms with Gasteiger partial charge in [-0.3, -0.25) is 9.59 Å². The molecule has 7 nitrogen and oxygen atoms in total. The largest absolute Gasteiger partial charge is 0.462 e. The molecule has 0 amide bonds. The number of hydrogen-bond donors (Lipinski definition) is 3. The molecule has 0 bridgehead atoms. The van der Waals surface area contributed by atoms with E-state index >= 15 is 0 Å². The Labute approximate surface area is 243 Å². The molecule has 0 rings (SSSR count). The highest BCUT2D eigenvalue weighted by molar-refractivity contribution is 5.70. The average Bonchev–Trinajstić information content (AvgIpc) is 2.95. The minimum Gasteiger partial charge on any atom is -0.462 e. The first-order valence-electron chi connectivity index (χ1n) is 15.4. The van der Waals surface area contributed by atoms with Crippen molar-refractivity contribution in [3.63, 3.8) is 0 Å². The Morgan fingerprint density at radius 2 is 1.23 bits per heavy atom. The number of allylic oxidation sites excluding steroid dienone is 7. The summed E-state index contributed by atoms with van der Waals surface area (Å²) >= 11 is 0. The number of unbranched alkanes of at least 4 members (excludes halogenated alkanes) is 6. The summed E-state index contributed by atoms with van der Waals surface area (Å²) < 4.78 is 10.3. The number of aliphatic hydroxyl groups is 3. The van der Waals surface area contributed by atoms with Crippen LogP contribution in [0.5, 0.6) is 0 Å². The first-order valence-corrected chi connectivity index (χ1v) is 15.4. The van der Waals surface area contributed by atoms with Crippen LogP contribution in [0.3, 0.4) is 0 Å². The fourth-order valence-corrected chi connectivity index (χ4v) is 3.87. The van der Waals surface area contributed by atoms with Crippen LogP contribution in [0.15, 0.2) is 48.6 Å². The summed E-state index contributed by atoms with van der Waals surface area (Å²) in [5, 5.41) is 29.8. The van der Waals surface area contributed by atoms with Crippen LogP contribution < -0.4 is 0 Å². The minimum absolute atomic E-state index is 0.0379. The van der Waals surface area contributed by atoms with Gasteiger partial charge < -0.3 is 24.8 Å². The number of carbonyl (C=O) groups excluding carboxylic acids is 2.